The number of hydrogen-bond donors (Lipinski definition) is 1. The molecule has 1 heterocycles. The molecule has 3 rings (SSSR count). The maximum Gasteiger partial charge on any atom is 0.125 e. The summed E-state index contributed by atoms with van der Waals surface area (Å²) in [6, 6.07) is 6.57. The molecule has 0 radical (unpaired) electrons. The number of methoxy groups -OCH3 is 1. The van der Waals surface area contributed by atoms with E-state index in [4.69, 9.17) is 9.47 Å². The number of ether oxygens (including phenoxy) is 2. The van der Waals surface area contributed by atoms with E-state index in [9.17, 15) is 0 Å². The predicted molar refractivity (Wildman–Crippen MR) is 80.4 cm³/mol. The first-order valence-corrected chi connectivity index (χ1v) is 7.79. The lowest BCUT2D eigenvalue weighted by Crippen LogP contribution is -2.46. The molecule has 2 aliphatic rings. The van der Waals surface area contributed by atoms with Crippen molar-refractivity contribution in [3.63, 3.8) is 0 Å². The zero-order valence-electron chi connectivity index (χ0n) is 12.7. The molecule has 20 heavy (non-hydrogen) atoms. The van der Waals surface area contributed by atoms with Gasteiger partial charge in [0.25, 0.3) is 0 Å². The molecule has 0 amide bonds. The van der Waals surface area contributed by atoms with E-state index < -0.39 is 0 Å². The zero-order chi connectivity index (χ0) is 14.2. The fourth-order valence-electron chi connectivity index (χ4n) is 3.84. The maximum absolute atomic E-state index is 6.47. The molecule has 110 valence electrons. The van der Waals surface area contributed by atoms with Crippen molar-refractivity contribution in [1.82, 2.24) is 5.32 Å². The predicted octanol–water partition coefficient (Wildman–Crippen LogP) is 3.69. The monoisotopic (exact) mass is 275 g/mol. The minimum absolute atomic E-state index is 0.0361. The van der Waals surface area contributed by atoms with E-state index in [0.717, 1.165) is 24.5 Å². The van der Waals surface area contributed by atoms with Crippen LogP contribution in [0.1, 0.15) is 51.1 Å². The van der Waals surface area contributed by atoms with Crippen molar-refractivity contribution in [1.29, 1.82) is 0 Å². The second-order valence-corrected chi connectivity index (χ2v) is 6.18. The van der Waals surface area contributed by atoms with Crippen LogP contribution >= 0.6 is 0 Å². The first kappa shape index (κ1) is 13.7. The molecule has 1 fully saturated rings. The van der Waals surface area contributed by atoms with Gasteiger partial charge >= 0.3 is 0 Å². The Hall–Kier alpha value is -1.22. The largest absolute Gasteiger partial charge is 0.497 e. The molecule has 1 aliphatic carbocycles. The van der Waals surface area contributed by atoms with Crippen LogP contribution in [-0.4, -0.2) is 19.3 Å². The van der Waals surface area contributed by atoms with Crippen LogP contribution in [0.15, 0.2) is 18.2 Å². The molecule has 1 saturated carbocycles. The summed E-state index contributed by atoms with van der Waals surface area (Å²) in [6.07, 6.45) is 4.82. The molecule has 0 aromatic heterocycles. The smallest absolute Gasteiger partial charge is 0.125 e. The van der Waals surface area contributed by atoms with Gasteiger partial charge in [-0.3, -0.25) is 0 Å². The second-order valence-electron chi connectivity index (χ2n) is 6.18. The van der Waals surface area contributed by atoms with E-state index in [1.54, 1.807) is 7.11 Å². The summed E-state index contributed by atoms with van der Waals surface area (Å²) in [4.78, 5) is 0. The number of rotatable bonds is 3. The van der Waals surface area contributed by atoms with Gasteiger partial charge in [-0.2, -0.15) is 0 Å². The van der Waals surface area contributed by atoms with Gasteiger partial charge in [-0.25, -0.2) is 0 Å². The lowest BCUT2D eigenvalue weighted by Gasteiger charge is -2.43. The average Bonchev–Trinajstić information content (AvgIpc) is 2.79. The van der Waals surface area contributed by atoms with Crippen molar-refractivity contribution in [2.45, 2.75) is 51.2 Å². The van der Waals surface area contributed by atoms with Crippen molar-refractivity contribution >= 4 is 0 Å². The lowest BCUT2D eigenvalue weighted by molar-refractivity contribution is 0.00194. The molecular weight excluding hydrogens is 250 g/mol. The molecule has 1 spiro atoms. The topological polar surface area (TPSA) is 30.5 Å². The van der Waals surface area contributed by atoms with Gasteiger partial charge in [0.05, 0.1) is 7.11 Å². The highest BCUT2D eigenvalue weighted by Gasteiger charge is 2.47. The number of fused-ring (bicyclic) bond motifs is 1. The van der Waals surface area contributed by atoms with Gasteiger partial charge in [0.1, 0.15) is 17.1 Å². The third-order valence-electron chi connectivity index (χ3n) is 5.04. The van der Waals surface area contributed by atoms with Crippen LogP contribution < -0.4 is 14.8 Å². The van der Waals surface area contributed by atoms with Crippen LogP contribution in [0, 0.1) is 5.92 Å². The van der Waals surface area contributed by atoms with Gasteiger partial charge in [-0.05, 0) is 49.9 Å². The minimum Gasteiger partial charge on any atom is -0.497 e. The fourth-order valence-corrected chi connectivity index (χ4v) is 3.84. The van der Waals surface area contributed by atoms with Crippen molar-refractivity contribution in [3.8, 4) is 11.5 Å². The number of nitrogens with one attached hydrogen (secondary N) is 1. The van der Waals surface area contributed by atoms with Gasteiger partial charge in [0.15, 0.2) is 0 Å². The normalized spacial score (nSPS) is 31.9. The zero-order valence-corrected chi connectivity index (χ0v) is 12.7. The summed E-state index contributed by atoms with van der Waals surface area (Å²) in [5.74, 6) is 2.58. The molecule has 0 bridgehead atoms. The fraction of sp³-hybridized carbons (Fsp3) is 0.647. The Labute approximate surface area is 121 Å². The lowest BCUT2D eigenvalue weighted by atomic mass is 9.81. The van der Waals surface area contributed by atoms with Crippen LogP contribution in [-0.2, 0) is 0 Å². The molecule has 1 aromatic carbocycles. The van der Waals surface area contributed by atoms with Gasteiger partial charge in [-0.15, -0.1) is 0 Å². The van der Waals surface area contributed by atoms with Crippen LogP contribution in [0.2, 0.25) is 0 Å². The van der Waals surface area contributed by atoms with Crippen molar-refractivity contribution in [3.05, 3.63) is 23.8 Å². The maximum atomic E-state index is 6.47. The highest BCUT2D eigenvalue weighted by molar-refractivity contribution is 5.44. The Morgan fingerprint density at radius 3 is 2.95 bits per heavy atom. The Kier molecular flexibility index (Phi) is 3.63. The third kappa shape index (κ3) is 2.18. The number of benzene rings is 1. The van der Waals surface area contributed by atoms with Crippen LogP contribution in [0.5, 0.6) is 11.5 Å². The Morgan fingerprint density at radius 2 is 2.30 bits per heavy atom. The van der Waals surface area contributed by atoms with E-state index in [2.05, 4.69) is 31.3 Å². The summed E-state index contributed by atoms with van der Waals surface area (Å²) >= 11 is 0. The quantitative estimate of drug-likeness (QED) is 0.912. The minimum atomic E-state index is 0.0361. The average molecular weight is 275 g/mol. The SMILES string of the molecule is CCNC1CC2(CCCC2C)Oc2ccc(OC)cc21. The summed E-state index contributed by atoms with van der Waals surface area (Å²) in [6.45, 7) is 5.48. The van der Waals surface area contributed by atoms with E-state index in [0.29, 0.717) is 12.0 Å². The Bertz CT molecular complexity index is 488. The van der Waals surface area contributed by atoms with Crippen LogP contribution in [0.3, 0.4) is 0 Å². The third-order valence-corrected chi connectivity index (χ3v) is 5.04. The molecule has 3 atom stereocenters. The molecule has 0 saturated heterocycles. The molecular formula is C17H25NO2. The van der Waals surface area contributed by atoms with Gasteiger partial charge in [0.2, 0.25) is 0 Å². The molecule has 1 N–H and O–H groups in total. The molecule has 3 heteroatoms. The Morgan fingerprint density at radius 1 is 1.45 bits per heavy atom. The molecule has 3 nitrogen and oxygen atoms in total. The van der Waals surface area contributed by atoms with E-state index in [1.807, 2.05) is 6.07 Å². The summed E-state index contributed by atoms with van der Waals surface area (Å²) in [5, 5.41) is 3.63. The summed E-state index contributed by atoms with van der Waals surface area (Å²) < 4.78 is 11.8. The number of hydrogen-bond acceptors (Lipinski definition) is 3. The first-order valence-electron chi connectivity index (χ1n) is 7.79. The highest BCUT2D eigenvalue weighted by atomic mass is 16.5. The standard InChI is InChI=1S/C17H25NO2/c1-4-18-15-11-17(9-5-6-12(17)2)20-16-8-7-13(19-3)10-14(15)16/h7-8,10,12,15,18H,4-6,9,11H2,1-3H3. The van der Waals surface area contributed by atoms with Gasteiger partial charge in [0, 0.05) is 18.0 Å². The molecule has 1 aromatic rings. The van der Waals surface area contributed by atoms with Gasteiger partial charge < -0.3 is 14.8 Å². The van der Waals surface area contributed by atoms with Crippen molar-refractivity contribution < 1.29 is 9.47 Å². The van der Waals surface area contributed by atoms with Gasteiger partial charge in [-0.1, -0.05) is 13.8 Å². The first-order chi connectivity index (χ1) is 9.68. The van der Waals surface area contributed by atoms with Crippen LogP contribution in [0.4, 0.5) is 0 Å². The van der Waals surface area contributed by atoms with E-state index in [1.165, 1.54) is 24.8 Å². The second kappa shape index (κ2) is 5.28. The van der Waals surface area contributed by atoms with E-state index >= 15 is 0 Å². The molecule has 1 aliphatic heterocycles. The van der Waals surface area contributed by atoms with E-state index in [-0.39, 0.29) is 5.60 Å². The summed E-state index contributed by atoms with van der Waals surface area (Å²) in [5.41, 5.74) is 1.28. The van der Waals surface area contributed by atoms with Crippen LogP contribution in [0.25, 0.3) is 0 Å². The van der Waals surface area contributed by atoms with Crippen molar-refractivity contribution in [2.24, 2.45) is 5.92 Å². The van der Waals surface area contributed by atoms with Crippen molar-refractivity contribution in [2.75, 3.05) is 13.7 Å². The summed E-state index contributed by atoms with van der Waals surface area (Å²) in [7, 11) is 1.72. The Balaban J connectivity index is 1.98. The highest BCUT2D eigenvalue weighted by Crippen LogP contribution is 2.50. The molecule has 3 unspecified atom stereocenters.